The van der Waals surface area contributed by atoms with Crippen LogP contribution in [-0.4, -0.2) is 30.3 Å². The van der Waals surface area contributed by atoms with Crippen molar-refractivity contribution in [1.29, 1.82) is 0 Å². The zero-order valence-electron chi connectivity index (χ0n) is 10.8. The SMILES string of the molecule is CCC(NC(=O)OC(C)(C)C)C1CCCN1. The lowest BCUT2D eigenvalue weighted by atomic mass is 10.0. The Morgan fingerprint density at radius 1 is 1.56 bits per heavy atom. The molecule has 0 bridgehead atoms. The summed E-state index contributed by atoms with van der Waals surface area (Å²) in [6, 6.07) is 0.579. The highest BCUT2D eigenvalue weighted by Gasteiger charge is 2.26. The summed E-state index contributed by atoms with van der Waals surface area (Å²) in [5.41, 5.74) is -0.425. The van der Waals surface area contributed by atoms with Gasteiger partial charge in [0.05, 0.1) is 0 Å². The van der Waals surface area contributed by atoms with Crippen molar-refractivity contribution in [2.75, 3.05) is 6.54 Å². The molecule has 0 aliphatic carbocycles. The molecule has 4 heteroatoms. The van der Waals surface area contributed by atoms with Gasteiger partial charge in [0.2, 0.25) is 0 Å². The van der Waals surface area contributed by atoms with Crippen LogP contribution in [0.4, 0.5) is 4.79 Å². The molecule has 1 aliphatic rings. The maximum atomic E-state index is 11.6. The molecule has 0 aromatic heterocycles. The quantitative estimate of drug-likeness (QED) is 0.777. The fourth-order valence-electron chi connectivity index (χ4n) is 2.00. The molecule has 0 aromatic rings. The van der Waals surface area contributed by atoms with E-state index < -0.39 is 5.60 Å². The van der Waals surface area contributed by atoms with Crippen molar-refractivity contribution in [2.24, 2.45) is 0 Å². The molecule has 1 fully saturated rings. The molecular formula is C12H24N2O2. The fourth-order valence-corrected chi connectivity index (χ4v) is 2.00. The first-order chi connectivity index (χ1) is 7.42. The Bertz CT molecular complexity index is 230. The van der Waals surface area contributed by atoms with Gasteiger partial charge in [-0.1, -0.05) is 6.92 Å². The summed E-state index contributed by atoms with van der Waals surface area (Å²) in [5, 5.41) is 6.35. The zero-order chi connectivity index (χ0) is 12.2. The van der Waals surface area contributed by atoms with E-state index >= 15 is 0 Å². The van der Waals surface area contributed by atoms with Gasteiger partial charge in [-0.25, -0.2) is 4.79 Å². The third-order valence-corrected chi connectivity index (χ3v) is 2.73. The third kappa shape index (κ3) is 4.39. The van der Waals surface area contributed by atoms with E-state index in [1.807, 2.05) is 20.8 Å². The van der Waals surface area contributed by atoms with Gasteiger partial charge in [0.25, 0.3) is 0 Å². The van der Waals surface area contributed by atoms with Crippen molar-refractivity contribution in [3.8, 4) is 0 Å². The molecule has 1 aliphatic heterocycles. The second-order valence-corrected chi connectivity index (χ2v) is 5.36. The van der Waals surface area contributed by atoms with Crippen LogP contribution in [0.3, 0.4) is 0 Å². The number of hydrogen-bond acceptors (Lipinski definition) is 3. The monoisotopic (exact) mass is 228 g/mol. The van der Waals surface area contributed by atoms with E-state index in [9.17, 15) is 4.79 Å². The maximum Gasteiger partial charge on any atom is 0.407 e. The lowest BCUT2D eigenvalue weighted by molar-refractivity contribution is 0.0493. The van der Waals surface area contributed by atoms with Crippen molar-refractivity contribution in [1.82, 2.24) is 10.6 Å². The average Bonchev–Trinajstić information content (AvgIpc) is 2.63. The van der Waals surface area contributed by atoms with Crippen LogP contribution in [0, 0.1) is 0 Å². The van der Waals surface area contributed by atoms with E-state index in [4.69, 9.17) is 4.74 Å². The molecule has 0 radical (unpaired) electrons. The first-order valence-electron chi connectivity index (χ1n) is 6.15. The van der Waals surface area contributed by atoms with Crippen LogP contribution in [0.1, 0.15) is 47.0 Å². The molecule has 0 spiro atoms. The van der Waals surface area contributed by atoms with E-state index in [1.54, 1.807) is 0 Å². The molecule has 0 saturated carbocycles. The minimum absolute atomic E-state index is 0.178. The average molecular weight is 228 g/mol. The van der Waals surface area contributed by atoms with Crippen molar-refractivity contribution < 1.29 is 9.53 Å². The number of hydrogen-bond donors (Lipinski definition) is 2. The summed E-state index contributed by atoms with van der Waals surface area (Å²) in [6.07, 6.45) is 2.94. The largest absolute Gasteiger partial charge is 0.444 e. The molecule has 1 saturated heterocycles. The molecule has 1 rings (SSSR count). The van der Waals surface area contributed by atoms with Gasteiger partial charge in [-0.3, -0.25) is 0 Å². The number of rotatable bonds is 3. The molecular weight excluding hydrogens is 204 g/mol. The van der Waals surface area contributed by atoms with Crippen LogP contribution in [0.5, 0.6) is 0 Å². The van der Waals surface area contributed by atoms with Gasteiger partial charge in [-0.15, -0.1) is 0 Å². The van der Waals surface area contributed by atoms with E-state index in [2.05, 4.69) is 17.6 Å². The Hall–Kier alpha value is -0.770. The van der Waals surface area contributed by atoms with Gasteiger partial charge in [0.1, 0.15) is 5.60 Å². The number of carbonyl (C=O) groups excluding carboxylic acids is 1. The van der Waals surface area contributed by atoms with E-state index in [0.29, 0.717) is 6.04 Å². The van der Waals surface area contributed by atoms with Crippen LogP contribution >= 0.6 is 0 Å². The second-order valence-electron chi connectivity index (χ2n) is 5.36. The summed E-state index contributed by atoms with van der Waals surface area (Å²) in [4.78, 5) is 11.6. The summed E-state index contributed by atoms with van der Waals surface area (Å²) in [7, 11) is 0. The molecule has 2 unspecified atom stereocenters. The molecule has 2 atom stereocenters. The van der Waals surface area contributed by atoms with Crippen LogP contribution in [0.15, 0.2) is 0 Å². The summed E-state index contributed by atoms with van der Waals surface area (Å²) < 4.78 is 5.25. The molecule has 1 amide bonds. The number of carbonyl (C=O) groups is 1. The summed E-state index contributed by atoms with van der Waals surface area (Å²) in [5.74, 6) is 0. The highest BCUT2D eigenvalue weighted by Crippen LogP contribution is 2.13. The predicted octanol–water partition coefficient (Wildman–Crippen LogP) is 2.04. The molecule has 2 N–H and O–H groups in total. The highest BCUT2D eigenvalue weighted by molar-refractivity contribution is 5.68. The molecule has 94 valence electrons. The smallest absolute Gasteiger partial charge is 0.407 e. The third-order valence-electron chi connectivity index (χ3n) is 2.73. The van der Waals surface area contributed by atoms with Crippen LogP contribution < -0.4 is 10.6 Å². The Kier molecular flexibility index (Phi) is 4.59. The lowest BCUT2D eigenvalue weighted by Crippen LogP contribution is -2.48. The standard InChI is InChI=1S/C12H24N2O2/c1-5-9(10-7-6-8-13-10)14-11(15)16-12(2,3)4/h9-10,13H,5-8H2,1-4H3,(H,14,15). The lowest BCUT2D eigenvalue weighted by Gasteiger charge is -2.26. The van der Waals surface area contributed by atoms with E-state index in [0.717, 1.165) is 19.4 Å². The van der Waals surface area contributed by atoms with Gasteiger partial charge in [0.15, 0.2) is 0 Å². The predicted molar refractivity (Wildman–Crippen MR) is 64.5 cm³/mol. The van der Waals surface area contributed by atoms with Crippen LogP contribution in [0.2, 0.25) is 0 Å². The molecule has 1 heterocycles. The zero-order valence-corrected chi connectivity index (χ0v) is 10.8. The number of ether oxygens (including phenoxy) is 1. The molecule has 4 nitrogen and oxygen atoms in total. The van der Waals surface area contributed by atoms with E-state index in [-0.39, 0.29) is 12.1 Å². The van der Waals surface area contributed by atoms with Gasteiger partial charge in [-0.2, -0.15) is 0 Å². The number of nitrogens with one attached hydrogen (secondary N) is 2. The van der Waals surface area contributed by atoms with E-state index in [1.165, 1.54) is 6.42 Å². The van der Waals surface area contributed by atoms with Crippen LogP contribution in [0.25, 0.3) is 0 Å². The first kappa shape index (κ1) is 13.3. The van der Waals surface area contributed by atoms with Gasteiger partial charge < -0.3 is 15.4 Å². The first-order valence-corrected chi connectivity index (χ1v) is 6.15. The highest BCUT2D eigenvalue weighted by atomic mass is 16.6. The Morgan fingerprint density at radius 3 is 2.69 bits per heavy atom. The van der Waals surface area contributed by atoms with Crippen molar-refractivity contribution in [3.05, 3.63) is 0 Å². The minimum atomic E-state index is -0.425. The van der Waals surface area contributed by atoms with Crippen LogP contribution in [-0.2, 0) is 4.74 Å². The van der Waals surface area contributed by atoms with Crippen molar-refractivity contribution in [3.63, 3.8) is 0 Å². The van der Waals surface area contributed by atoms with Gasteiger partial charge in [0, 0.05) is 12.1 Å². The Balaban J connectivity index is 2.40. The minimum Gasteiger partial charge on any atom is -0.444 e. The normalized spacial score (nSPS) is 22.9. The topological polar surface area (TPSA) is 50.4 Å². The van der Waals surface area contributed by atoms with Crippen molar-refractivity contribution in [2.45, 2.75) is 64.6 Å². The summed E-state index contributed by atoms with van der Waals surface area (Å²) in [6.45, 7) is 8.77. The van der Waals surface area contributed by atoms with Gasteiger partial charge >= 0.3 is 6.09 Å². The van der Waals surface area contributed by atoms with Crippen molar-refractivity contribution >= 4 is 6.09 Å². The maximum absolute atomic E-state index is 11.6. The summed E-state index contributed by atoms with van der Waals surface area (Å²) >= 11 is 0. The molecule has 0 aromatic carbocycles. The fraction of sp³-hybridized carbons (Fsp3) is 0.917. The second kappa shape index (κ2) is 5.53. The molecule has 16 heavy (non-hydrogen) atoms. The number of amides is 1. The number of alkyl carbamates (subject to hydrolysis) is 1. The Morgan fingerprint density at radius 2 is 2.25 bits per heavy atom. The Labute approximate surface area is 98.1 Å². The van der Waals surface area contributed by atoms with Gasteiger partial charge in [-0.05, 0) is 46.6 Å².